The molecule has 2 aromatic heterocycles. The number of likely N-dealkylation sites (tertiary alicyclic amines) is 1. The molecule has 1 saturated heterocycles. The molecule has 1 aliphatic heterocycles. The Balaban J connectivity index is 1.54. The Kier molecular flexibility index (Phi) is 5.04. The van der Waals surface area contributed by atoms with Crippen LogP contribution >= 0.6 is 0 Å². The van der Waals surface area contributed by atoms with E-state index in [0.29, 0.717) is 29.7 Å². The van der Waals surface area contributed by atoms with Gasteiger partial charge in [-0.25, -0.2) is 0 Å². The molecule has 1 amide bonds. The van der Waals surface area contributed by atoms with Crippen molar-refractivity contribution in [2.45, 2.75) is 39.7 Å². The molecule has 2 N–H and O–H groups in total. The number of hydrogen-bond donors (Lipinski definition) is 2. The molecule has 3 heterocycles. The summed E-state index contributed by atoms with van der Waals surface area (Å²) in [5, 5.41) is 9.94. The Morgan fingerprint density at radius 2 is 2.38 bits per heavy atom. The summed E-state index contributed by atoms with van der Waals surface area (Å²) < 4.78 is 5.54. The predicted octanol–water partition coefficient (Wildman–Crippen LogP) is 2.83. The van der Waals surface area contributed by atoms with Crippen molar-refractivity contribution in [1.82, 2.24) is 20.4 Å². The average molecular weight is 330 g/mol. The molecule has 0 aromatic carbocycles. The predicted molar refractivity (Wildman–Crippen MR) is 92.8 cm³/mol. The molecule has 6 heteroatoms. The molecule has 0 bridgehead atoms. The number of furan rings is 1. The summed E-state index contributed by atoms with van der Waals surface area (Å²) in [6, 6.07) is 5.81. The van der Waals surface area contributed by atoms with Crippen molar-refractivity contribution >= 4 is 5.91 Å². The SMILES string of the molecule is Cc1ccc(-c2cc(C(=O)NCC(C)N3CCCC(C)C3)n[nH]2)o1. The van der Waals surface area contributed by atoms with E-state index in [2.05, 4.69) is 34.3 Å². The maximum Gasteiger partial charge on any atom is 0.271 e. The van der Waals surface area contributed by atoms with Crippen molar-refractivity contribution < 1.29 is 9.21 Å². The van der Waals surface area contributed by atoms with Crippen LogP contribution in [0.5, 0.6) is 0 Å². The molecule has 6 nitrogen and oxygen atoms in total. The van der Waals surface area contributed by atoms with Gasteiger partial charge in [-0.1, -0.05) is 6.92 Å². The maximum absolute atomic E-state index is 12.3. The molecule has 3 rings (SSSR count). The molecular weight excluding hydrogens is 304 g/mol. The van der Waals surface area contributed by atoms with Gasteiger partial charge in [-0.15, -0.1) is 0 Å². The largest absolute Gasteiger partial charge is 0.460 e. The number of nitrogens with one attached hydrogen (secondary N) is 2. The highest BCUT2D eigenvalue weighted by molar-refractivity contribution is 5.93. The van der Waals surface area contributed by atoms with Gasteiger partial charge >= 0.3 is 0 Å². The molecule has 0 radical (unpaired) electrons. The molecule has 2 aromatic rings. The first-order chi connectivity index (χ1) is 11.5. The number of aryl methyl sites for hydroxylation is 1. The minimum Gasteiger partial charge on any atom is -0.460 e. The van der Waals surface area contributed by atoms with Gasteiger partial charge in [-0.05, 0) is 51.3 Å². The van der Waals surface area contributed by atoms with Crippen LogP contribution in [0.2, 0.25) is 0 Å². The lowest BCUT2D eigenvalue weighted by Crippen LogP contribution is -2.46. The summed E-state index contributed by atoms with van der Waals surface area (Å²) in [5.41, 5.74) is 1.10. The Bertz CT molecular complexity index is 691. The van der Waals surface area contributed by atoms with Gasteiger partial charge in [0.25, 0.3) is 5.91 Å². The smallest absolute Gasteiger partial charge is 0.271 e. The topological polar surface area (TPSA) is 74.2 Å². The van der Waals surface area contributed by atoms with Gasteiger partial charge in [-0.3, -0.25) is 14.8 Å². The minimum absolute atomic E-state index is 0.155. The van der Waals surface area contributed by atoms with Crippen LogP contribution < -0.4 is 5.32 Å². The number of H-pyrrole nitrogens is 1. The van der Waals surface area contributed by atoms with Crippen molar-refractivity contribution in [2.75, 3.05) is 19.6 Å². The molecule has 2 unspecified atom stereocenters. The van der Waals surface area contributed by atoms with Crippen LogP contribution in [0.1, 0.15) is 42.9 Å². The van der Waals surface area contributed by atoms with Crippen molar-refractivity contribution in [1.29, 1.82) is 0 Å². The van der Waals surface area contributed by atoms with Crippen molar-refractivity contribution in [3.05, 3.63) is 29.7 Å². The number of hydrogen-bond acceptors (Lipinski definition) is 4. The second kappa shape index (κ2) is 7.21. The van der Waals surface area contributed by atoms with Gasteiger partial charge < -0.3 is 9.73 Å². The van der Waals surface area contributed by atoms with Crippen LogP contribution in [0.4, 0.5) is 0 Å². The lowest BCUT2D eigenvalue weighted by molar-refractivity contribution is 0.0912. The third-order valence-electron chi connectivity index (χ3n) is 4.69. The zero-order valence-electron chi connectivity index (χ0n) is 14.6. The number of piperidine rings is 1. The second-order valence-corrected chi connectivity index (χ2v) is 6.88. The number of aromatic nitrogens is 2. The van der Waals surface area contributed by atoms with E-state index < -0.39 is 0 Å². The fourth-order valence-corrected chi connectivity index (χ4v) is 3.23. The Labute approximate surface area is 142 Å². The van der Waals surface area contributed by atoms with Gasteiger partial charge in [0.15, 0.2) is 11.5 Å². The molecule has 1 aliphatic rings. The van der Waals surface area contributed by atoms with Crippen LogP contribution in [-0.2, 0) is 0 Å². The van der Waals surface area contributed by atoms with Crippen LogP contribution in [0, 0.1) is 12.8 Å². The Morgan fingerprint density at radius 1 is 1.54 bits per heavy atom. The second-order valence-electron chi connectivity index (χ2n) is 6.88. The van der Waals surface area contributed by atoms with Crippen LogP contribution in [0.15, 0.2) is 22.6 Å². The number of rotatable bonds is 5. The first kappa shape index (κ1) is 16.8. The van der Waals surface area contributed by atoms with E-state index in [4.69, 9.17) is 4.42 Å². The molecule has 0 saturated carbocycles. The average Bonchev–Trinajstić information content (AvgIpc) is 3.21. The number of carbonyl (C=O) groups excluding carboxylic acids is 1. The number of carbonyl (C=O) groups is 1. The molecule has 1 fully saturated rings. The summed E-state index contributed by atoms with van der Waals surface area (Å²) in [5.74, 6) is 2.10. The monoisotopic (exact) mass is 330 g/mol. The standard InChI is InChI=1S/C18H26N4O2/c1-12-5-4-8-22(11-12)13(2)10-19-18(23)16-9-15(20-21-16)17-7-6-14(3)24-17/h6-7,9,12-13H,4-5,8,10-11H2,1-3H3,(H,19,23)(H,20,21). The normalized spacial score (nSPS) is 20.0. The molecule has 130 valence electrons. The van der Waals surface area contributed by atoms with Crippen LogP contribution in [-0.4, -0.2) is 46.7 Å². The third kappa shape index (κ3) is 3.87. The zero-order chi connectivity index (χ0) is 17.1. The number of aromatic amines is 1. The molecule has 2 atom stereocenters. The van der Waals surface area contributed by atoms with Gasteiger partial charge in [-0.2, -0.15) is 5.10 Å². The first-order valence-corrected chi connectivity index (χ1v) is 8.67. The summed E-state index contributed by atoms with van der Waals surface area (Å²) in [6.45, 7) is 9.20. The van der Waals surface area contributed by atoms with Gasteiger partial charge in [0.1, 0.15) is 11.5 Å². The number of amides is 1. The van der Waals surface area contributed by atoms with Gasteiger partial charge in [0, 0.05) is 25.2 Å². The summed E-state index contributed by atoms with van der Waals surface area (Å²) in [4.78, 5) is 14.8. The number of nitrogens with zero attached hydrogens (tertiary/aromatic N) is 2. The quantitative estimate of drug-likeness (QED) is 0.884. The highest BCUT2D eigenvalue weighted by atomic mass is 16.3. The third-order valence-corrected chi connectivity index (χ3v) is 4.69. The van der Waals surface area contributed by atoms with E-state index in [1.165, 1.54) is 12.8 Å². The molecule has 0 aliphatic carbocycles. The maximum atomic E-state index is 12.3. The summed E-state index contributed by atoms with van der Waals surface area (Å²) in [6.07, 6.45) is 2.54. The first-order valence-electron chi connectivity index (χ1n) is 8.67. The Morgan fingerprint density at radius 3 is 3.08 bits per heavy atom. The fourth-order valence-electron chi connectivity index (χ4n) is 3.23. The Hall–Kier alpha value is -2.08. The van der Waals surface area contributed by atoms with E-state index in [1.54, 1.807) is 6.07 Å². The van der Waals surface area contributed by atoms with Gasteiger partial charge in [0.05, 0.1) is 0 Å². The highest BCUT2D eigenvalue weighted by Gasteiger charge is 2.21. The van der Waals surface area contributed by atoms with Crippen molar-refractivity contribution in [2.24, 2.45) is 5.92 Å². The van der Waals surface area contributed by atoms with E-state index >= 15 is 0 Å². The lowest BCUT2D eigenvalue weighted by atomic mass is 9.99. The van der Waals surface area contributed by atoms with Crippen LogP contribution in [0.25, 0.3) is 11.5 Å². The van der Waals surface area contributed by atoms with E-state index in [1.807, 2.05) is 19.1 Å². The lowest BCUT2D eigenvalue weighted by Gasteiger charge is -2.35. The van der Waals surface area contributed by atoms with Crippen molar-refractivity contribution in [3.63, 3.8) is 0 Å². The van der Waals surface area contributed by atoms with E-state index in [9.17, 15) is 4.79 Å². The molecule has 24 heavy (non-hydrogen) atoms. The van der Waals surface area contributed by atoms with E-state index in [0.717, 1.165) is 24.8 Å². The van der Waals surface area contributed by atoms with E-state index in [-0.39, 0.29) is 5.91 Å². The molecule has 0 spiro atoms. The van der Waals surface area contributed by atoms with Crippen molar-refractivity contribution in [3.8, 4) is 11.5 Å². The minimum atomic E-state index is -0.155. The fraction of sp³-hybridized carbons (Fsp3) is 0.556. The zero-order valence-corrected chi connectivity index (χ0v) is 14.6. The summed E-state index contributed by atoms with van der Waals surface area (Å²) in [7, 11) is 0. The van der Waals surface area contributed by atoms with Crippen LogP contribution in [0.3, 0.4) is 0 Å². The summed E-state index contributed by atoms with van der Waals surface area (Å²) >= 11 is 0. The highest BCUT2D eigenvalue weighted by Crippen LogP contribution is 2.20. The molecular formula is C18H26N4O2. The van der Waals surface area contributed by atoms with Gasteiger partial charge in [0.2, 0.25) is 0 Å².